The zero-order chi connectivity index (χ0) is 18.5. The number of carbonyl (C=O) groups is 2. The molecule has 0 atom stereocenters. The Morgan fingerprint density at radius 3 is 2.42 bits per heavy atom. The van der Waals surface area contributed by atoms with Crippen LogP contribution >= 0.6 is 11.6 Å². The van der Waals surface area contributed by atoms with Crippen LogP contribution in [0, 0.1) is 0 Å². The van der Waals surface area contributed by atoms with Crippen LogP contribution in [0.4, 0.5) is 5.69 Å². The highest BCUT2D eigenvalue weighted by Gasteiger charge is 2.14. The van der Waals surface area contributed by atoms with Gasteiger partial charge in [-0.1, -0.05) is 23.7 Å². The van der Waals surface area contributed by atoms with Crippen LogP contribution in [-0.4, -0.2) is 27.2 Å². The number of benzene rings is 2. The Hall–Kier alpha value is -3.45. The second-order valence-corrected chi connectivity index (χ2v) is 5.56. The summed E-state index contributed by atoms with van der Waals surface area (Å²) in [6, 6.07) is 13.8. The van der Waals surface area contributed by atoms with Gasteiger partial charge in [0.2, 0.25) is 17.7 Å². The molecule has 26 heavy (non-hydrogen) atoms. The lowest BCUT2D eigenvalue weighted by molar-refractivity contribution is -0.131. The van der Waals surface area contributed by atoms with Crippen molar-refractivity contribution in [1.29, 1.82) is 0 Å². The highest BCUT2D eigenvalue weighted by Crippen LogP contribution is 2.29. The molecule has 1 aromatic heterocycles. The smallest absolute Gasteiger partial charge is 0.328 e. The van der Waals surface area contributed by atoms with E-state index in [1.54, 1.807) is 48.5 Å². The number of rotatable bonds is 5. The second kappa shape index (κ2) is 7.62. The molecular weight excluding hydrogens is 358 g/mol. The summed E-state index contributed by atoms with van der Waals surface area (Å²) in [6.07, 6.45) is 1.68. The van der Waals surface area contributed by atoms with E-state index in [2.05, 4.69) is 15.5 Å². The number of nitrogens with one attached hydrogen (secondary N) is 1. The van der Waals surface area contributed by atoms with E-state index in [0.29, 0.717) is 27.7 Å². The zero-order valence-corrected chi connectivity index (χ0v) is 14.0. The molecule has 0 spiro atoms. The summed E-state index contributed by atoms with van der Waals surface area (Å²) in [4.78, 5) is 22.3. The fraction of sp³-hybridized carbons (Fsp3) is 0. The highest BCUT2D eigenvalue weighted by atomic mass is 35.5. The molecule has 0 bridgehead atoms. The van der Waals surface area contributed by atoms with Crippen molar-refractivity contribution in [3.8, 4) is 22.9 Å². The van der Waals surface area contributed by atoms with E-state index < -0.39 is 11.9 Å². The Morgan fingerprint density at radius 2 is 1.69 bits per heavy atom. The molecule has 3 rings (SSSR count). The van der Waals surface area contributed by atoms with Gasteiger partial charge in [-0.2, -0.15) is 0 Å². The molecule has 0 unspecified atom stereocenters. The number of para-hydroxylation sites is 1. The molecule has 0 saturated heterocycles. The largest absolute Gasteiger partial charge is 0.478 e. The number of carbonyl (C=O) groups excluding carboxylic acids is 1. The molecule has 2 aromatic carbocycles. The Labute approximate surface area is 152 Å². The molecule has 3 aromatic rings. The summed E-state index contributed by atoms with van der Waals surface area (Å²) in [5, 5.41) is 19.8. The predicted molar refractivity (Wildman–Crippen MR) is 95.6 cm³/mol. The van der Waals surface area contributed by atoms with Crippen LogP contribution in [0.1, 0.15) is 0 Å². The van der Waals surface area contributed by atoms with Crippen molar-refractivity contribution in [2.75, 3.05) is 5.32 Å². The second-order valence-electron chi connectivity index (χ2n) is 5.13. The lowest BCUT2D eigenvalue weighted by Gasteiger charge is -2.06. The standard InChI is InChI=1S/C18H12ClN3O4/c19-12-7-5-11(6-8-12)17-21-22-18(26-17)13-3-1-2-4-14(13)20-15(23)9-10-16(24)25/h1-10H,(H,20,23)(H,24,25)/b10-9+. The Balaban J connectivity index is 1.87. The van der Waals surface area contributed by atoms with Gasteiger partial charge in [0.15, 0.2) is 0 Å². The van der Waals surface area contributed by atoms with Crippen LogP contribution in [0.5, 0.6) is 0 Å². The lowest BCUT2D eigenvalue weighted by Crippen LogP contribution is -2.09. The van der Waals surface area contributed by atoms with Gasteiger partial charge in [0.25, 0.3) is 0 Å². The SMILES string of the molecule is O=C(O)/C=C/C(=O)Nc1ccccc1-c1nnc(-c2ccc(Cl)cc2)o1. The third-order valence-corrected chi connectivity index (χ3v) is 3.56. The summed E-state index contributed by atoms with van der Waals surface area (Å²) in [6.45, 7) is 0. The van der Waals surface area contributed by atoms with Crippen molar-refractivity contribution in [2.24, 2.45) is 0 Å². The summed E-state index contributed by atoms with van der Waals surface area (Å²) >= 11 is 5.87. The molecule has 1 amide bonds. The van der Waals surface area contributed by atoms with Gasteiger partial charge >= 0.3 is 5.97 Å². The molecular formula is C18H12ClN3O4. The number of halogens is 1. The van der Waals surface area contributed by atoms with Crippen LogP contribution in [0.2, 0.25) is 5.02 Å². The fourth-order valence-corrected chi connectivity index (χ4v) is 2.27. The molecule has 0 aliphatic carbocycles. The molecule has 2 N–H and O–H groups in total. The Morgan fingerprint density at radius 1 is 1.00 bits per heavy atom. The lowest BCUT2D eigenvalue weighted by atomic mass is 10.1. The highest BCUT2D eigenvalue weighted by molar-refractivity contribution is 6.30. The average Bonchev–Trinajstić information content (AvgIpc) is 3.11. The number of hydrogen-bond acceptors (Lipinski definition) is 5. The molecule has 0 radical (unpaired) electrons. The van der Waals surface area contributed by atoms with E-state index in [1.165, 1.54) is 0 Å². The van der Waals surface area contributed by atoms with Crippen molar-refractivity contribution in [1.82, 2.24) is 10.2 Å². The Kier molecular flexibility index (Phi) is 5.09. The molecule has 0 aliphatic rings. The first-order chi connectivity index (χ1) is 12.5. The van der Waals surface area contributed by atoms with Crippen LogP contribution < -0.4 is 5.32 Å². The van der Waals surface area contributed by atoms with Gasteiger partial charge in [0.05, 0.1) is 11.3 Å². The number of aromatic nitrogens is 2. The fourth-order valence-electron chi connectivity index (χ4n) is 2.14. The number of anilines is 1. The minimum Gasteiger partial charge on any atom is -0.478 e. The minimum atomic E-state index is -1.21. The molecule has 0 saturated carbocycles. The number of amides is 1. The topological polar surface area (TPSA) is 105 Å². The van der Waals surface area contributed by atoms with Gasteiger partial charge in [-0.25, -0.2) is 4.79 Å². The predicted octanol–water partition coefficient (Wildman–Crippen LogP) is 3.64. The number of carboxylic acids is 1. The number of hydrogen-bond donors (Lipinski definition) is 2. The number of nitrogens with zero attached hydrogens (tertiary/aromatic N) is 2. The van der Waals surface area contributed by atoms with Crippen LogP contribution in [0.3, 0.4) is 0 Å². The molecule has 0 aliphatic heterocycles. The quantitative estimate of drug-likeness (QED) is 0.665. The van der Waals surface area contributed by atoms with E-state index in [4.69, 9.17) is 21.1 Å². The van der Waals surface area contributed by atoms with Gasteiger partial charge in [0.1, 0.15) is 0 Å². The van der Waals surface area contributed by atoms with Crippen LogP contribution in [0.15, 0.2) is 65.1 Å². The third-order valence-electron chi connectivity index (χ3n) is 3.31. The number of carboxylic acid groups (broad SMARTS) is 1. The van der Waals surface area contributed by atoms with Gasteiger partial charge in [0, 0.05) is 22.7 Å². The monoisotopic (exact) mass is 369 g/mol. The van der Waals surface area contributed by atoms with Crippen molar-refractivity contribution in [3.05, 3.63) is 65.7 Å². The van der Waals surface area contributed by atoms with Crippen LogP contribution in [-0.2, 0) is 9.59 Å². The van der Waals surface area contributed by atoms with E-state index >= 15 is 0 Å². The maximum absolute atomic E-state index is 11.8. The van der Waals surface area contributed by atoms with Crippen molar-refractivity contribution >= 4 is 29.2 Å². The normalized spacial score (nSPS) is 10.8. The van der Waals surface area contributed by atoms with E-state index in [-0.39, 0.29) is 5.89 Å². The maximum Gasteiger partial charge on any atom is 0.328 e. The Bertz CT molecular complexity index is 980. The molecule has 7 nitrogen and oxygen atoms in total. The molecule has 130 valence electrons. The van der Waals surface area contributed by atoms with Gasteiger partial charge in [-0.05, 0) is 36.4 Å². The number of aliphatic carboxylic acids is 1. The summed E-state index contributed by atoms with van der Waals surface area (Å²) in [5.74, 6) is -1.27. The summed E-state index contributed by atoms with van der Waals surface area (Å²) < 4.78 is 5.69. The van der Waals surface area contributed by atoms with E-state index in [9.17, 15) is 9.59 Å². The first kappa shape index (κ1) is 17.4. The van der Waals surface area contributed by atoms with Crippen LogP contribution in [0.25, 0.3) is 22.9 Å². The van der Waals surface area contributed by atoms with Crippen molar-refractivity contribution in [3.63, 3.8) is 0 Å². The van der Waals surface area contributed by atoms with Crippen molar-refractivity contribution in [2.45, 2.75) is 0 Å². The first-order valence-corrected chi connectivity index (χ1v) is 7.81. The van der Waals surface area contributed by atoms with Crippen molar-refractivity contribution < 1.29 is 19.1 Å². The van der Waals surface area contributed by atoms with E-state index in [0.717, 1.165) is 12.2 Å². The minimum absolute atomic E-state index is 0.216. The molecule has 8 heteroatoms. The summed E-state index contributed by atoms with van der Waals surface area (Å²) in [5.41, 5.74) is 1.63. The van der Waals surface area contributed by atoms with E-state index in [1.807, 2.05) is 0 Å². The summed E-state index contributed by atoms with van der Waals surface area (Å²) in [7, 11) is 0. The van der Waals surface area contributed by atoms with Gasteiger partial charge < -0.3 is 14.8 Å². The average molecular weight is 370 g/mol. The molecule has 1 heterocycles. The van der Waals surface area contributed by atoms with Gasteiger partial charge in [-0.3, -0.25) is 4.79 Å². The maximum atomic E-state index is 11.8. The zero-order valence-electron chi connectivity index (χ0n) is 13.2. The first-order valence-electron chi connectivity index (χ1n) is 7.44. The molecule has 0 fully saturated rings. The van der Waals surface area contributed by atoms with Gasteiger partial charge in [-0.15, -0.1) is 10.2 Å². The third kappa shape index (κ3) is 4.14.